The van der Waals surface area contributed by atoms with Gasteiger partial charge in [0.15, 0.2) is 0 Å². The molecule has 0 radical (unpaired) electrons. The Morgan fingerprint density at radius 2 is 1.77 bits per heavy atom. The highest BCUT2D eigenvalue weighted by Gasteiger charge is 2.17. The number of nitrogens with zero attached hydrogens (tertiary/aromatic N) is 2. The van der Waals surface area contributed by atoms with Gasteiger partial charge >= 0.3 is 0 Å². The molecule has 0 aliphatic carbocycles. The van der Waals surface area contributed by atoms with Crippen molar-refractivity contribution in [3.05, 3.63) is 107 Å². The maximum absolute atomic E-state index is 12.8. The van der Waals surface area contributed by atoms with Crippen molar-refractivity contribution in [1.82, 2.24) is 10.2 Å². The monoisotopic (exact) mass is 550 g/mol. The first-order valence-corrected chi connectivity index (χ1v) is 13.5. The van der Waals surface area contributed by atoms with Gasteiger partial charge in [-0.25, -0.2) is 0 Å². The second kappa shape index (κ2) is 20.7. The largest absolute Gasteiger partial charge is 0.359 e. The number of rotatable bonds is 15. The standard InChI is InChI=1S/C29H40N4O4.C3H6/c1-7-10-12-13-22(4)19-29(35)32(18-11-8-2)21-28(34)31-26-16-14-25(15-17-26)27(9-3)30-23(5)20-24(6)33(36)37;1-3-2/h7,9-10,12-17,20,24,30H,4,8,11,18-19,21H2,1-3,5-6H3,(H,31,34);3H,1H2,2H3/b10-7-,13-12-,23-20+,27-9-;. The number of anilines is 1. The Morgan fingerprint density at radius 3 is 2.30 bits per heavy atom. The Labute approximate surface area is 240 Å². The van der Waals surface area contributed by atoms with Gasteiger partial charge in [-0.05, 0) is 57.4 Å². The molecule has 218 valence electrons. The van der Waals surface area contributed by atoms with E-state index in [0.717, 1.165) is 24.1 Å². The molecule has 2 amide bonds. The second-order valence-electron chi connectivity index (χ2n) is 9.13. The highest BCUT2D eigenvalue weighted by molar-refractivity contribution is 5.95. The Morgan fingerprint density at radius 1 is 1.15 bits per heavy atom. The lowest BCUT2D eigenvalue weighted by atomic mass is 10.1. The number of benzene rings is 1. The lowest BCUT2D eigenvalue weighted by Crippen LogP contribution is -2.38. The molecule has 40 heavy (non-hydrogen) atoms. The van der Waals surface area contributed by atoms with Gasteiger partial charge < -0.3 is 15.5 Å². The first-order chi connectivity index (χ1) is 19.0. The fraction of sp³-hybridized carbons (Fsp3) is 0.375. The summed E-state index contributed by atoms with van der Waals surface area (Å²) in [6, 6.07) is 6.47. The van der Waals surface area contributed by atoms with Crippen LogP contribution in [0.4, 0.5) is 5.69 Å². The van der Waals surface area contributed by atoms with E-state index in [1.54, 1.807) is 42.2 Å². The summed E-state index contributed by atoms with van der Waals surface area (Å²) in [5.41, 5.74) is 3.63. The van der Waals surface area contributed by atoms with Gasteiger partial charge in [-0.1, -0.05) is 68.5 Å². The van der Waals surface area contributed by atoms with Gasteiger partial charge in [-0.2, -0.15) is 0 Å². The summed E-state index contributed by atoms with van der Waals surface area (Å²) < 4.78 is 0. The minimum atomic E-state index is -0.792. The molecule has 8 nitrogen and oxygen atoms in total. The highest BCUT2D eigenvalue weighted by atomic mass is 16.6. The molecule has 1 unspecified atom stereocenters. The fourth-order valence-corrected chi connectivity index (χ4v) is 3.40. The van der Waals surface area contributed by atoms with Crippen molar-refractivity contribution < 1.29 is 14.5 Å². The van der Waals surface area contributed by atoms with Crippen molar-refractivity contribution in [2.75, 3.05) is 18.4 Å². The Hall–Kier alpha value is -4.20. The summed E-state index contributed by atoms with van der Waals surface area (Å²) in [4.78, 5) is 37.6. The number of carbonyl (C=O) groups excluding carboxylic acids is 2. The number of hydrogen-bond donors (Lipinski definition) is 2. The van der Waals surface area contributed by atoms with E-state index >= 15 is 0 Å². The van der Waals surface area contributed by atoms with Gasteiger partial charge in [0.1, 0.15) is 0 Å². The van der Waals surface area contributed by atoms with Crippen LogP contribution in [-0.2, 0) is 9.59 Å². The third kappa shape index (κ3) is 15.3. The summed E-state index contributed by atoms with van der Waals surface area (Å²) in [7, 11) is 0. The van der Waals surface area contributed by atoms with Crippen LogP contribution in [0.3, 0.4) is 0 Å². The number of nitro groups is 1. The summed E-state index contributed by atoms with van der Waals surface area (Å²) >= 11 is 0. The van der Waals surface area contributed by atoms with Crippen molar-refractivity contribution >= 4 is 23.2 Å². The molecule has 0 saturated heterocycles. The molecule has 0 bridgehead atoms. The molecular weight excluding hydrogens is 504 g/mol. The van der Waals surface area contributed by atoms with Gasteiger partial charge in [-0.15, -0.1) is 6.58 Å². The zero-order valence-electron chi connectivity index (χ0n) is 24.9. The van der Waals surface area contributed by atoms with Crippen LogP contribution >= 0.6 is 0 Å². The Balaban J connectivity index is 0.00000483. The van der Waals surface area contributed by atoms with Crippen LogP contribution in [-0.4, -0.2) is 40.8 Å². The molecule has 1 aromatic rings. The summed E-state index contributed by atoms with van der Waals surface area (Å²) in [6.45, 7) is 18.8. The van der Waals surface area contributed by atoms with E-state index in [2.05, 4.69) is 23.8 Å². The molecule has 0 saturated carbocycles. The molecular formula is C32H46N4O4. The number of amides is 2. The van der Waals surface area contributed by atoms with Gasteiger partial charge in [0, 0.05) is 41.5 Å². The molecule has 2 N–H and O–H groups in total. The van der Waals surface area contributed by atoms with Crippen LogP contribution in [0.15, 0.2) is 91.2 Å². The molecule has 0 fully saturated rings. The molecule has 0 aliphatic rings. The summed E-state index contributed by atoms with van der Waals surface area (Å²) in [5, 5.41) is 16.9. The van der Waals surface area contributed by atoms with Crippen molar-refractivity contribution in [1.29, 1.82) is 0 Å². The van der Waals surface area contributed by atoms with Crippen molar-refractivity contribution in [2.24, 2.45) is 0 Å². The van der Waals surface area contributed by atoms with E-state index in [1.807, 2.05) is 64.1 Å². The van der Waals surface area contributed by atoms with Gasteiger partial charge in [0.05, 0.1) is 13.0 Å². The van der Waals surface area contributed by atoms with Crippen molar-refractivity contribution in [3.8, 4) is 0 Å². The maximum atomic E-state index is 12.8. The van der Waals surface area contributed by atoms with Crippen LogP contribution in [0.2, 0.25) is 0 Å². The normalized spacial score (nSPS) is 12.3. The molecule has 0 spiro atoms. The second-order valence-corrected chi connectivity index (χ2v) is 9.13. The molecule has 1 atom stereocenters. The molecule has 1 rings (SSSR count). The van der Waals surface area contributed by atoms with E-state index < -0.39 is 6.04 Å². The number of nitrogens with one attached hydrogen (secondary N) is 2. The molecule has 0 aliphatic heterocycles. The minimum absolute atomic E-state index is 0.0350. The predicted molar refractivity (Wildman–Crippen MR) is 167 cm³/mol. The topological polar surface area (TPSA) is 105 Å². The number of allylic oxidation sites excluding steroid dienone is 7. The van der Waals surface area contributed by atoms with Gasteiger partial charge in [0.2, 0.25) is 17.9 Å². The summed E-state index contributed by atoms with van der Waals surface area (Å²) in [5.74, 6) is -0.406. The van der Waals surface area contributed by atoms with E-state index in [9.17, 15) is 19.7 Å². The highest BCUT2D eigenvalue weighted by Crippen LogP contribution is 2.17. The predicted octanol–water partition coefficient (Wildman–Crippen LogP) is 7.04. The lowest BCUT2D eigenvalue weighted by molar-refractivity contribution is -0.505. The van der Waals surface area contributed by atoms with Crippen LogP contribution in [0.1, 0.15) is 66.4 Å². The lowest BCUT2D eigenvalue weighted by Gasteiger charge is -2.22. The van der Waals surface area contributed by atoms with Crippen LogP contribution in [0, 0.1) is 10.1 Å². The van der Waals surface area contributed by atoms with Gasteiger partial charge in [0.25, 0.3) is 0 Å². The molecule has 1 aromatic carbocycles. The van der Waals surface area contributed by atoms with E-state index in [0.29, 0.717) is 23.5 Å². The molecule has 0 aromatic heterocycles. The van der Waals surface area contributed by atoms with Crippen LogP contribution in [0.5, 0.6) is 0 Å². The third-order valence-electron chi connectivity index (χ3n) is 5.41. The number of unbranched alkanes of at least 4 members (excludes halogenated alkanes) is 1. The summed E-state index contributed by atoms with van der Waals surface area (Å²) in [6.07, 6.45) is 14.5. The van der Waals surface area contributed by atoms with Crippen LogP contribution < -0.4 is 10.6 Å². The van der Waals surface area contributed by atoms with E-state index in [1.165, 1.54) is 6.92 Å². The van der Waals surface area contributed by atoms with Crippen molar-refractivity contribution in [3.63, 3.8) is 0 Å². The first kappa shape index (κ1) is 35.8. The third-order valence-corrected chi connectivity index (χ3v) is 5.41. The quantitative estimate of drug-likeness (QED) is 0.105. The van der Waals surface area contributed by atoms with Gasteiger partial charge in [-0.3, -0.25) is 19.7 Å². The maximum Gasteiger partial charge on any atom is 0.243 e. The zero-order chi connectivity index (χ0) is 30.5. The SMILES string of the molecule is C=C(/C=C\C=C/C)CC(=O)N(CCCC)CC(=O)Nc1ccc(/C(=C/C)N/C(C)=C/C(C)[N+](=O)[O-])cc1.C=CC. The van der Waals surface area contributed by atoms with E-state index in [-0.39, 0.29) is 29.7 Å². The first-order valence-electron chi connectivity index (χ1n) is 13.5. The van der Waals surface area contributed by atoms with Crippen molar-refractivity contribution in [2.45, 2.75) is 66.8 Å². The number of hydrogen-bond acceptors (Lipinski definition) is 5. The molecule has 0 heterocycles. The van der Waals surface area contributed by atoms with E-state index in [4.69, 9.17) is 0 Å². The Bertz CT molecular complexity index is 1100. The number of carbonyl (C=O) groups is 2. The fourth-order valence-electron chi connectivity index (χ4n) is 3.40. The van der Waals surface area contributed by atoms with Crippen LogP contribution in [0.25, 0.3) is 5.70 Å². The average Bonchev–Trinajstić information content (AvgIpc) is 2.90. The zero-order valence-corrected chi connectivity index (χ0v) is 24.9. The average molecular weight is 551 g/mol. The minimum Gasteiger partial charge on any atom is -0.359 e. The molecule has 8 heteroatoms. The smallest absolute Gasteiger partial charge is 0.243 e. The Kier molecular flexibility index (Phi) is 18.5.